The lowest BCUT2D eigenvalue weighted by molar-refractivity contribution is 0.434. The fourth-order valence-corrected chi connectivity index (χ4v) is 1.46. The van der Waals surface area contributed by atoms with Gasteiger partial charge in [-0.15, -0.1) is 0 Å². The van der Waals surface area contributed by atoms with Gasteiger partial charge in [-0.3, -0.25) is 4.39 Å². The van der Waals surface area contributed by atoms with Gasteiger partial charge in [0.15, 0.2) is 0 Å². The van der Waals surface area contributed by atoms with E-state index in [1.165, 1.54) is 0 Å². The normalized spacial score (nSPS) is 12.9. The third kappa shape index (κ3) is 2.48. The van der Waals surface area contributed by atoms with Gasteiger partial charge >= 0.3 is 0 Å². The molecule has 4 heteroatoms. The molecule has 0 saturated heterocycles. The van der Waals surface area contributed by atoms with Crippen LogP contribution in [0, 0.1) is 5.82 Å². The Hall–Kier alpha value is -0.480. The summed E-state index contributed by atoms with van der Waals surface area (Å²) in [4.78, 5) is 0. The number of nitrogens with two attached hydrogens (primary N) is 1. The van der Waals surface area contributed by atoms with Gasteiger partial charge in [0.1, 0.15) is 5.82 Å². The topological polar surface area (TPSA) is 26.0 Å². The largest absolute Gasteiger partial charge is 0.324 e. The first-order chi connectivity index (χ1) is 6.16. The molecule has 0 aliphatic carbocycles. The average molecular weight is 250 g/mol. The molecule has 1 rings (SSSR count). The quantitative estimate of drug-likeness (QED) is 0.876. The zero-order chi connectivity index (χ0) is 9.84. The molecular weight excluding hydrogens is 240 g/mol. The predicted octanol–water partition coefficient (Wildman–Crippen LogP) is 2.95. The lowest BCUT2D eigenvalue weighted by Gasteiger charge is -2.11. The van der Waals surface area contributed by atoms with Crippen molar-refractivity contribution >= 4 is 15.9 Å². The maximum atomic E-state index is 13.3. The van der Waals surface area contributed by atoms with Crippen molar-refractivity contribution in [1.82, 2.24) is 0 Å². The van der Waals surface area contributed by atoms with Crippen LogP contribution in [0.3, 0.4) is 0 Å². The molecular formula is C9H10BrF2N. The van der Waals surface area contributed by atoms with E-state index in [9.17, 15) is 8.78 Å². The number of alkyl halides is 1. The highest BCUT2D eigenvalue weighted by Gasteiger charge is 2.12. The monoisotopic (exact) mass is 249 g/mol. The maximum Gasteiger partial charge on any atom is 0.142 e. The van der Waals surface area contributed by atoms with Crippen molar-refractivity contribution in [2.45, 2.75) is 12.5 Å². The predicted molar refractivity (Wildman–Crippen MR) is 51.6 cm³/mol. The van der Waals surface area contributed by atoms with E-state index in [1.54, 1.807) is 18.2 Å². The van der Waals surface area contributed by atoms with Crippen LogP contribution in [0.5, 0.6) is 0 Å². The Labute approximate surface area is 84.1 Å². The van der Waals surface area contributed by atoms with Gasteiger partial charge in [0.25, 0.3) is 0 Å². The van der Waals surface area contributed by atoms with Crippen molar-refractivity contribution in [3.63, 3.8) is 0 Å². The summed E-state index contributed by atoms with van der Waals surface area (Å²) in [6.45, 7) is -0.535. The second-order valence-electron chi connectivity index (χ2n) is 2.73. The summed E-state index contributed by atoms with van der Waals surface area (Å²) >= 11 is 3.04. The van der Waals surface area contributed by atoms with E-state index < -0.39 is 18.5 Å². The van der Waals surface area contributed by atoms with Crippen molar-refractivity contribution < 1.29 is 8.78 Å². The Bertz CT molecular complexity index is 291. The summed E-state index contributed by atoms with van der Waals surface area (Å²) in [6.07, 6.45) is 0.146. The molecule has 0 aliphatic heterocycles. The first-order valence-corrected chi connectivity index (χ1v) is 4.71. The van der Waals surface area contributed by atoms with E-state index in [2.05, 4.69) is 15.9 Å². The Morgan fingerprint density at radius 3 is 2.77 bits per heavy atom. The number of benzene rings is 1. The van der Waals surface area contributed by atoms with E-state index in [1.807, 2.05) is 0 Å². The van der Waals surface area contributed by atoms with Crippen LogP contribution in [-0.4, -0.2) is 6.67 Å². The lowest BCUT2D eigenvalue weighted by Crippen LogP contribution is -2.12. The molecule has 2 N–H and O–H groups in total. The van der Waals surface area contributed by atoms with Gasteiger partial charge < -0.3 is 5.73 Å². The molecule has 1 aromatic carbocycles. The number of hydrogen-bond donors (Lipinski definition) is 1. The highest BCUT2D eigenvalue weighted by Crippen LogP contribution is 2.24. The Morgan fingerprint density at radius 2 is 2.15 bits per heavy atom. The van der Waals surface area contributed by atoms with Crippen molar-refractivity contribution in [2.75, 3.05) is 6.67 Å². The van der Waals surface area contributed by atoms with E-state index in [4.69, 9.17) is 5.73 Å². The minimum absolute atomic E-state index is 0.146. The number of hydrogen-bond acceptors (Lipinski definition) is 1. The summed E-state index contributed by atoms with van der Waals surface area (Å²) in [5.74, 6) is -0.400. The van der Waals surface area contributed by atoms with Gasteiger partial charge in [-0.1, -0.05) is 12.1 Å². The molecule has 0 amide bonds. The van der Waals surface area contributed by atoms with Crippen molar-refractivity contribution in [2.24, 2.45) is 5.73 Å². The van der Waals surface area contributed by atoms with Crippen LogP contribution in [0.1, 0.15) is 18.0 Å². The minimum Gasteiger partial charge on any atom is -0.324 e. The third-order valence-corrected chi connectivity index (χ3v) is 2.41. The molecule has 0 aliphatic rings. The summed E-state index contributed by atoms with van der Waals surface area (Å²) in [6, 6.07) is 4.27. The molecule has 0 unspecified atom stereocenters. The molecule has 0 radical (unpaired) electrons. The maximum absolute atomic E-state index is 13.3. The molecule has 0 saturated carbocycles. The van der Waals surface area contributed by atoms with E-state index in [0.29, 0.717) is 10.0 Å². The van der Waals surface area contributed by atoms with Gasteiger partial charge in [-0.05, 0) is 28.4 Å². The summed E-state index contributed by atoms with van der Waals surface area (Å²) in [7, 11) is 0. The molecule has 0 spiro atoms. The first kappa shape index (κ1) is 10.6. The second kappa shape index (κ2) is 4.67. The fourth-order valence-electron chi connectivity index (χ4n) is 1.08. The van der Waals surface area contributed by atoms with Crippen LogP contribution in [-0.2, 0) is 0 Å². The van der Waals surface area contributed by atoms with Crippen LogP contribution in [0.4, 0.5) is 8.78 Å². The van der Waals surface area contributed by atoms with Crippen LogP contribution in [0.2, 0.25) is 0 Å². The summed E-state index contributed by atoms with van der Waals surface area (Å²) in [5, 5.41) is 0. The standard InChI is InChI=1S/C9H10BrF2N/c10-7-3-1-2-6(9(7)12)8(13)4-5-11/h1-3,8H,4-5,13H2/t8-/m1/s1. The van der Waals surface area contributed by atoms with Gasteiger partial charge in [0, 0.05) is 11.6 Å². The average Bonchev–Trinajstić information content (AvgIpc) is 2.10. The molecule has 1 aromatic rings. The van der Waals surface area contributed by atoms with Crippen molar-refractivity contribution in [3.05, 3.63) is 34.1 Å². The molecule has 0 heterocycles. The van der Waals surface area contributed by atoms with Gasteiger partial charge in [-0.2, -0.15) is 0 Å². The smallest absolute Gasteiger partial charge is 0.142 e. The molecule has 0 fully saturated rings. The summed E-state index contributed by atoms with van der Waals surface area (Å²) < 4.78 is 25.6. The van der Waals surface area contributed by atoms with E-state index in [-0.39, 0.29) is 6.42 Å². The number of rotatable bonds is 3. The van der Waals surface area contributed by atoms with Crippen LogP contribution in [0.15, 0.2) is 22.7 Å². The summed E-state index contributed by atoms with van der Waals surface area (Å²) in [5.41, 5.74) is 5.93. The Morgan fingerprint density at radius 1 is 1.46 bits per heavy atom. The minimum atomic E-state index is -0.567. The molecule has 0 aromatic heterocycles. The van der Waals surface area contributed by atoms with Gasteiger partial charge in [0.05, 0.1) is 11.1 Å². The SMILES string of the molecule is N[C@H](CCF)c1cccc(Br)c1F. The highest BCUT2D eigenvalue weighted by molar-refractivity contribution is 9.10. The van der Waals surface area contributed by atoms with Gasteiger partial charge in [-0.25, -0.2) is 4.39 Å². The molecule has 1 nitrogen and oxygen atoms in total. The van der Waals surface area contributed by atoms with Gasteiger partial charge in [0.2, 0.25) is 0 Å². The zero-order valence-electron chi connectivity index (χ0n) is 6.93. The highest BCUT2D eigenvalue weighted by atomic mass is 79.9. The van der Waals surface area contributed by atoms with Crippen LogP contribution >= 0.6 is 15.9 Å². The molecule has 1 atom stereocenters. The Kier molecular flexibility index (Phi) is 3.81. The van der Waals surface area contributed by atoms with Crippen molar-refractivity contribution in [3.8, 4) is 0 Å². The molecule has 72 valence electrons. The van der Waals surface area contributed by atoms with Crippen LogP contribution in [0.25, 0.3) is 0 Å². The number of halogens is 3. The van der Waals surface area contributed by atoms with Crippen LogP contribution < -0.4 is 5.73 Å². The third-order valence-electron chi connectivity index (χ3n) is 1.80. The molecule has 13 heavy (non-hydrogen) atoms. The van der Waals surface area contributed by atoms with Crippen molar-refractivity contribution in [1.29, 1.82) is 0 Å². The first-order valence-electron chi connectivity index (χ1n) is 3.92. The van der Waals surface area contributed by atoms with E-state index in [0.717, 1.165) is 0 Å². The Balaban J connectivity index is 2.93. The lowest BCUT2D eigenvalue weighted by atomic mass is 10.1. The zero-order valence-corrected chi connectivity index (χ0v) is 8.52. The molecule has 0 bridgehead atoms. The second-order valence-corrected chi connectivity index (χ2v) is 3.58. The van der Waals surface area contributed by atoms with E-state index >= 15 is 0 Å². The fraction of sp³-hybridized carbons (Fsp3) is 0.333.